The first kappa shape index (κ1) is 28.3. The lowest BCUT2D eigenvalue weighted by Crippen LogP contribution is -2.40. The highest BCUT2D eigenvalue weighted by Gasteiger charge is 2.33. The molecule has 4 aromatic rings. The highest BCUT2D eigenvalue weighted by atomic mass is 19.4. The van der Waals surface area contributed by atoms with Crippen molar-refractivity contribution in [2.45, 2.75) is 19.5 Å². The minimum atomic E-state index is -4.59. The van der Waals surface area contributed by atoms with Crippen LogP contribution < -0.4 is 20.9 Å². The predicted molar refractivity (Wildman–Crippen MR) is 151 cm³/mol. The lowest BCUT2D eigenvalue weighted by atomic mass is 10.0. The molecule has 0 atom stereocenters. The molecule has 3 amide bonds. The van der Waals surface area contributed by atoms with E-state index in [4.69, 9.17) is 0 Å². The van der Waals surface area contributed by atoms with Gasteiger partial charge < -0.3 is 20.9 Å². The number of anilines is 4. The summed E-state index contributed by atoms with van der Waals surface area (Å²) in [6.45, 7) is 2.03. The number of benzene rings is 3. The summed E-state index contributed by atoms with van der Waals surface area (Å²) in [4.78, 5) is 49.3. The highest BCUT2D eigenvalue weighted by Crippen LogP contribution is 2.33. The van der Waals surface area contributed by atoms with E-state index < -0.39 is 29.5 Å². The van der Waals surface area contributed by atoms with Crippen LogP contribution in [-0.4, -0.2) is 41.3 Å². The zero-order valence-electron chi connectivity index (χ0n) is 22.5. The van der Waals surface area contributed by atoms with Crippen molar-refractivity contribution in [1.82, 2.24) is 15.3 Å². The molecule has 0 unspecified atom stereocenters. The molecule has 1 aliphatic rings. The molecular formula is C30H25F3N6O3. The summed E-state index contributed by atoms with van der Waals surface area (Å²) in [6.07, 6.45) is -4.27. The SMILES string of the molecule is CNC(=O)c1nc2c(c(Nc3ccccc3)n1)C(=O)N(c1cc(NC(=O)c3cccc(C(F)(F)F)c3)ccc1C)CC2. The molecule has 12 heteroatoms. The molecular weight excluding hydrogens is 549 g/mol. The first-order valence-electron chi connectivity index (χ1n) is 12.9. The fourth-order valence-electron chi connectivity index (χ4n) is 4.58. The minimum Gasteiger partial charge on any atom is -0.352 e. The number of hydrogen-bond acceptors (Lipinski definition) is 6. The molecule has 0 aliphatic carbocycles. The molecule has 0 spiro atoms. The number of carbonyl (C=O) groups excluding carboxylic acids is 3. The zero-order valence-corrected chi connectivity index (χ0v) is 22.5. The van der Waals surface area contributed by atoms with E-state index in [2.05, 4.69) is 25.9 Å². The number of fused-ring (bicyclic) bond motifs is 1. The van der Waals surface area contributed by atoms with Crippen LogP contribution in [0.5, 0.6) is 0 Å². The lowest BCUT2D eigenvalue weighted by molar-refractivity contribution is -0.137. The molecule has 42 heavy (non-hydrogen) atoms. The number of alkyl halides is 3. The van der Waals surface area contributed by atoms with Gasteiger partial charge in [-0.3, -0.25) is 14.4 Å². The van der Waals surface area contributed by atoms with Crippen molar-refractivity contribution < 1.29 is 27.6 Å². The Labute approximate surface area is 238 Å². The van der Waals surface area contributed by atoms with E-state index in [0.29, 0.717) is 29.2 Å². The van der Waals surface area contributed by atoms with Gasteiger partial charge in [-0.2, -0.15) is 13.2 Å². The normalized spacial score (nSPS) is 12.9. The van der Waals surface area contributed by atoms with E-state index in [1.54, 1.807) is 37.3 Å². The maximum Gasteiger partial charge on any atom is 0.416 e. The highest BCUT2D eigenvalue weighted by molar-refractivity contribution is 6.12. The number of amides is 3. The van der Waals surface area contributed by atoms with E-state index in [1.165, 1.54) is 24.1 Å². The Balaban J connectivity index is 1.47. The summed E-state index contributed by atoms with van der Waals surface area (Å²) in [5.74, 6) is -1.54. The van der Waals surface area contributed by atoms with Gasteiger partial charge in [-0.1, -0.05) is 30.3 Å². The fourth-order valence-corrected chi connectivity index (χ4v) is 4.58. The largest absolute Gasteiger partial charge is 0.416 e. The maximum absolute atomic E-state index is 13.9. The van der Waals surface area contributed by atoms with Crippen molar-refractivity contribution in [2.24, 2.45) is 0 Å². The Bertz CT molecular complexity index is 1690. The second-order valence-electron chi connectivity index (χ2n) is 9.53. The summed E-state index contributed by atoms with van der Waals surface area (Å²) >= 11 is 0. The molecule has 3 aromatic carbocycles. The number of hydrogen-bond donors (Lipinski definition) is 3. The van der Waals surface area contributed by atoms with Gasteiger partial charge in [-0.05, 0) is 55.0 Å². The summed E-state index contributed by atoms with van der Waals surface area (Å²) in [6, 6.07) is 18.1. The average Bonchev–Trinajstić information content (AvgIpc) is 2.98. The van der Waals surface area contributed by atoms with Crippen LogP contribution in [0.1, 0.15) is 48.2 Å². The number of rotatable bonds is 6. The van der Waals surface area contributed by atoms with Crippen molar-refractivity contribution >= 4 is 40.6 Å². The molecule has 0 saturated heterocycles. The van der Waals surface area contributed by atoms with Gasteiger partial charge in [0.25, 0.3) is 17.7 Å². The van der Waals surface area contributed by atoms with Crippen molar-refractivity contribution in [2.75, 3.05) is 29.1 Å². The molecule has 9 nitrogen and oxygen atoms in total. The molecule has 0 fully saturated rings. The molecule has 1 aromatic heterocycles. The van der Waals surface area contributed by atoms with Crippen LogP contribution in [0, 0.1) is 6.92 Å². The predicted octanol–water partition coefficient (Wildman–Crippen LogP) is 5.36. The van der Waals surface area contributed by atoms with E-state index in [1.807, 2.05) is 18.2 Å². The molecule has 2 heterocycles. The van der Waals surface area contributed by atoms with Crippen LogP contribution >= 0.6 is 0 Å². The fraction of sp³-hybridized carbons (Fsp3) is 0.167. The van der Waals surface area contributed by atoms with Crippen LogP contribution in [0.15, 0.2) is 72.8 Å². The number of aromatic nitrogens is 2. The number of carbonyl (C=O) groups is 3. The minimum absolute atomic E-state index is 0.0774. The first-order chi connectivity index (χ1) is 20.0. The zero-order chi connectivity index (χ0) is 30.0. The van der Waals surface area contributed by atoms with Crippen LogP contribution in [0.3, 0.4) is 0 Å². The van der Waals surface area contributed by atoms with Gasteiger partial charge in [0, 0.05) is 42.6 Å². The smallest absolute Gasteiger partial charge is 0.352 e. The lowest BCUT2D eigenvalue weighted by Gasteiger charge is -2.30. The average molecular weight is 575 g/mol. The Kier molecular flexibility index (Phi) is 7.62. The van der Waals surface area contributed by atoms with Crippen LogP contribution in [0.4, 0.5) is 36.1 Å². The van der Waals surface area contributed by atoms with E-state index >= 15 is 0 Å². The van der Waals surface area contributed by atoms with E-state index in [0.717, 1.165) is 17.7 Å². The Hall–Kier alpha value is -5.26. The van der Waals surface area contributed by atoms with Gasteiger partial charge >= 0.3 is 6.18 Å². The van der Waals surface area contributed by atoms with Crippen LogP contribution in [-0.2, 0) is 12.6 Å². The molecule has 0 saturated carbocycles. The summed E-state index contributed by atoms with van der Waals surface area (Å²) in [5, 5.41) is 8.24. The third-order valence-corrected chi connectivity index (χ3v) is 6.69. The molecule has 0 bridgehead atoms. The van der Waals surface area contributed by atoms with Crippen molar-refractivity contribution in [3.63, 3.8) is 0 Å². The number of para-hydroxylation sites is 1. The van der Waals surface area contributed by atoms with E-state index in [-0.39, 0.29) is 29.3 Å². The Morgan fingerprint density at radius 3 is 2.38 bits per heavy atom. The molecule has 5 rings (SSSR count). The monoisotopic (exact) mass is 574 g/mol. The number of nitrogens with zero attached hydrogens (tertiary/aromatic N) is 3. The van der Waals surface area contributed by atoms with Gasteiger partial charge in [0.15, 0.2) is 0 Å². The summed E-state index contributed by atoms with van der Waals surface area (Å²) in [7, 11) is 1.46. The Morgan fingerprint density at radius 1 is 0.905 bits per heavy atom. The molecule has 3 N–H and O–H groups in total. The second-order valence-corrected chi connectivity index (χ2v) is 9.53. The van der Waals surface area contributed by atoms with Gasteiger partial charge in [0.1, 0.15) is 11.4 Å². The van der Waals surface area contributed by atoms with Crippen molar-refractivity contribution in [3.8, 4) is 0 Å². The van der Waals surface area contributed by atoms with Crippen molar-refractivity contribution in [3.05, 3.63) is 107 Å². The third kappa shape index (κ3) is 5.78. The summed E-state index contributed by atoms with van der Waals surface area (Å²) < 4.78 is 39.4. The summed E-state index contributed by atoms with van der Waals surface area (Å²) in [5.41, 5.74) is 1.70. The van der Waals surface area contributed by atoms with Crippen LogP contribution in [0.25, 0.3) is 0 Å². The van der Waals surface area contributed by atoms with Crippen LogP contribution in [0.2, 0.25) is 0 Å². The third-order valence-electron chi connectivity index (χ3n) is 6.69. The number of nitrogens with one attached hydrogen (secondary N) is 3. The topological polar surface area (TPSA) is 116 Å². The quantitative estimate of drug-likeness (QED) is 0.286. The molecule has 214 valence electrons. The Morgan fingerprint density at radius 2 is 1.67 bits per heavy atom. The molecule has 1 aliphatic heterocycles. The van der Waals surface area contributed by atoms with Gasteiger partial charge in [-0.25, -0.2) is 9.97 Å². The standard InChI is InChI=1S/C30H25F3N6O3/c1-17-11-12-21(36-27(40)18-7-6-8-19(15-18)30(31,32)33)16-23(17)39-14-13-22-24(29(39)42)25(35-20-9-4-3-5-10-20)38-26(37-22)28(41)34-2/h3-12,15-16H,13-14H2,1-2H3,(H,34,41)(H,36,40)(H,35,37,38). The second kappa shape index (κ2) is 11.3. The first-order valence-corrected chi connectivity index (χ1v) is 12.9. The van der Waals surface area contributed by atoms with E-state index in [9.17, 15) is 27.6 Å². The number of aryl methyl sites for hydroxylation is 1. The molecule has 0 radical (unpaired) electrons. The van der Waals surface area contributed by atoms with Crippen molar-refractivity contribution in [1.29, 1.82) is 0 Å². The van der Waals surface area contributed by atoms with Gasteiger partial charge in [0.2, 0.25) is 5.82 Å². The van der Waals surface area contributed by atoms with Gasteiger partial charge in [-0.15, -0.1) is 0 Å². The maximum atomic E-state index is 13.9. The van der Waals surface area contributed by atoms with Gasteiger partial charge in [0.05, 0.1) is 11.3 Å². The number of halogens is 3.